The molecule has 3 aromatic rings. The van der Waals surface area contributed by atoms with Crippen molar-refractivity contribution in [2.75, 3.05) is 11.4 Å². The summed E-state index contributed by atoms with van der Waals surface area (Å²) in [6, 6.07) is 7.50. The van der Waals surface area contributed by atoms with Crippen molar-refractivity contribution in [3.63, 3.8) is 0 Å². The van der Waals surface area contributed by atoms with Crippen LogP contribution in [0.15, 0.2) is 36.9 Å². The fourth-order valence-electron chi connectivity index (χ4n) is 5.22. The molecule has 1 aromatic carbocycles. The van der Waals surface area contributed by atoms with Crippen LogP contribution in [0.25, 0.3) is 11.0 Å². The van der Waals surface area contributed by atoms with E-state index in [4.69, 9.17) is 4.74 Å². The van der Waals surface area contributed by atoms with E-state index in [1.165, 1.54) is 4.90 Å². The first-order chi connectivity index (χ1) is 16.1. The Morgan fingerprint density at radius 2 is 2.03 bits per heavy atom. The van der Waals surface area contributed by atoms with Crippen molar-refractivity contribution in [1.29, 1.82) is 5.26 Å². The van der Waals surface area contributed by atoms with Crippen LogP contribution in [0.5, 0.6) is 0 Å². The average Bonchev–Trinajstić information content (AvgIpc) is 3.32. The Bertz CT molecular complexity index is 1300. The number of alkyl halides is 3. The summed E-state index contributed by atoms with van der Waals surface area (Å²) < 4.78 is 46.3. The van der Waals surface area contributed by atoms with E-state index >= 15 is 0 Å². The molecule has 3 heterocycles. The maximum absolute atomic E-state index is 12.8. The lowest BCUT2D eigenvalue weighted by molar-refractivity contribution is -0.141. The van der Waals surface area contributed by atoms with E-state index in [1.54, 1.807) is 12.4 Å². The summed E-state index contributed by atoms with van der Waals surface area (Å²) in [7, 11) is 0. The number of nitrogens with zero attached hydrogens (tertiary/aromatic N) is 6. The number of carbonyl (C=O) groups excluding carboxylic acids is 1. The van der Waals surface area contributed by atoms with Crippen LogP contribution < -0.4 is 4.90 Å². The SMILES string of the molecule is CC1(Cn2cnc3ccc(C#N)cc32)CCC[C@@]2(CN(c3cnc(C(F)(F)F)cn3)C(=O)O2)C1. The number of rotatable bonds is 3. The molecule has 1 saturated carbocycles. The quantitative estimate of drug-likeness (QED) is 0.551. The minimum atomic E-state index is -4.60. The summed E-state index contributed by atoms with van der Waals surface area (Å²) in [4.78, 5) is 25.6. The van der Waals surface area contributed by atoms with Crippen molar-refractivity contribution in [3.8, 4) is 6.07 Å². The molecule has 5 rings (SSSR count). The van der Waals surface area contributed by atoms with Crippen molar-refractivity contribution in [2.24, 2.45) is 5.41 Å². The maximum Gasteiger partial charge on any atom is 0.434 e. The molecule has 11 heteroatoms. The Morgan fingerprint density at radius 1 is 1.21 bits per heavy atom. The molecule has 0 N–H and O–H groups in total. The largest absolute Gasteiger partial charge is 0.441 e. The van der Waals surface area contributed by atoms with Crippen molar-refractivity contribution >= 4 is 22.9 Å². The third kappa shape index (κ3) is 3.93. The van der Waals surface area contributed by atoms with Crippen LogP contribution in [0.1, 0.15) is 43.9 Å². The summed E-state index contributed by atoms with van der Waals surface area (Å²) in [6.07, 6.45) is 1.06. The van der Waals surface area contributed by atoms with Crippen molar-refractivity contribution in [1.82, 2.24) is 19.5 Å². The Balaban J connectivity index is 1.36. The zero-order chi connectivity index (χ0) is 24.1. The molecule has 8 nitrogen and oxygen atoms in total. The summed E-state index contributed by atoms with van der Waals surface area (Å²) in [5, 5.41) is 9.24. The van der Waals surface area contributed by atoms with Gasteiger partial charge in [0.2, 0.25) is 0 Å². The number of benzene rings is 1. The molecule has 2 fully saturated rings. The number of hydrogen-bond donors (Lipinski definition) is 0. The normalized spacial score (nSPS) is 25.0. The Kier molecular flexibility index (Phi) is 5.00. The number of carbonyl (C=O) groups is 1. The lowest BCUT2D eigenvalue weighted by atomic mass is 9.68. The first-order valence-corrected chi connectivity index (χ1v) is 10.8. The average molecular weight is 470 g/mol. The summed E-state index contributed by atoms with van der Waals surface area (Å²) in [5.74, 6) is 0.0341. The summed E-state index contributed by atoms with van der Waals surface area (Å²) >= 11 is 0. The van der Waals surface area contributed by atoms with Gasteiger partial charge in [0.15, 0.2) is 11.5 Å². The molecule has 1 aliphatic heterocycles. The smallest absolute Gasteiger partial charge is 0.434 e. The minimum absolute atomic E-state index is 0.0341. The fourth-order valence-corrected chi connectivity index (χ4v) is 5.22. The number of nitriles is 1. The fraction of sp³-hybridized carbons (Fsp3) is 0.435. The third-order valence-electron chi connectivity index (χ3n) is 6.64. The predicted octanol–water partition coefficient (Wildman–Crippen LogP) is 4.69. The Labute approximate surface area is 193 Å². The van der Waals surface area contributed by atoms with Gasteiger partial charge >= 0.3 is 12.3 Å². The maximum atomic E-state index is 12.8. The standard InChI is InChI=1S/C23H21F3N6O2/c1-21(12-31-14-30-16-4-3-15(8-27)7-17(16)31)5-2-6-22(11-21)13-32(20(33)34-22)19-10-28-18(9-29-19)23(24,25)26/h3-4,7,9-10,14H,2,5-6,11-13H2,1H3/t21?,22-/m0/s1. The highest BCUT2D eigenvalue weighted by molar-refractivity contribution is 5.89. The van der Waals surface area contributed by atoms with Gasteiger partial charge < -0.3 is 9.30 Å². The second kappa shape index (κ2) is 7.68. The van der Waals surface area contributed by atoms with Crippen molar-refractivity contribution in [3.05, 3.63) is 48.2 Å². The van der Waals surface area contributed by atoms with Crippen molar-refractivity contribution in [2.45, 2.75) is 50.9 Å². The van der Waals surface area contributed by atoms with Gasteiger partial charge in [-0.1, -0.05) is 6.92 Å². The molecule has 1 amide bonds. The van der Waals surface area contributed by atoms with Gasteiger partial charge in [0.1, 0.15) is 5.60 Å². The van der Waals surface area contributed by atoms with Gasteiger partial charge in [-0.25, -0.2) is 19.7 Å². The number of ether oxygens (including phenoxy) is 1. The first kappa shape index (κ1) is 22.1. The second-order valence-corrected chi connectivity index (χ2v) is 9.42. The molecule has 2 atom stereocenters. The highest BCUT2D eigenvalue weighted by Gasteiger charge is 2.52. The molecule has 2 aliphatic rings. The molecule has 1 aliphatic carbocycles. The zero-order valence-corrected chi connectivity index (χ0v) is 18.3. The molecule has 34 heavy (non-hydrogen) atoms. The predicted molar refractivity (Wildman–Crippen MR) is 115 cm³/mol. The van der Waals surface area contributed by atoms with Crippen LogP contribution in [-0.4, -0.2) is 37.8 Å². The molecule has 0 radical (unpaired) electrons. The molecule has 2 aromatic heterocycles. The number of hydrogen-bond acceptors (Lipinski definition) is 6. The van der Waals surface area contributed by atoms with Gasteiger partial charge in [-0.3, -0.25) is 4.90 Å². The molecule has 0 bridgehead atoms. The molecule has 1 saturated heterocycles. The van der Waals surface area contributed by atoms with Gasteiger partial charge in [-0.05, 0) is 49.3 Å². The van der Waals surface area contributed by atoms with Crippen LogP contribution in [0.4, 0.5) is 23.8 Å². The Hall–Kier alpha value is -3.68. The number of imidazole rings is 1. The molecule has 176 valence electrons. The summed E-state index contributed by atoms with van der Waals surface area (Å²) in [5.41, 5.74) is 0.116. The van der Waals surface area contributed by atoms with E-state index in [9.17, 15) is 23.2 Å². The number of amides is 1. The second-order valence-electron chi connectivity index (χ2n) is 9.42. The molecule has 1 unspecified atom stereocenters. The van der Waals surface area contributed by atoms with Crippen LogP contribution in [0.3, 0.4) is 0 Å². The minimum Gasteiger partial charge on any atom is -0.441 e. The van der Waals surface area contributed by atoms with Crippen LogP contribution >= 0.6 is 0 Å². The first-order valence-electron chi connectivity index (χ1n) is 10.8. The number of halogens is 3. The summed E-state index contributed by atoms with van der Waals surface area (Å²) in [6.45, 7) is 2.95. The van der Waals surface area contributed by atoms with Gasteiger partial charge in [0.05, 0.1) is 47.9 Å². The monoisotopic (exact) mass is 470 g/mol. The van der Waals surface area contributed by atoms with Crippen LogP contribution in [-0.2, 0) is 17.5 Å². The number of anilines is 1. The highest BCUT2D eigenvalue weighted by Crippen LogP contribution is 2.47. The molecular formula is C23H21F3N6O2. The topological polar surface area (TPSA) is 96.9 Å². The van der Waals surface area contributed by atoms with E-state index in [0.717, 1.165) is 30.1 Å². The van der Waals surface area contributed by atoms with E-state index < -0.39 is 23.6 Å². The molecule has 1 spiro atoms. The highest BCUT2D eigenvalue weighted by atomic mass is 19.4. The third-order valence-corrected chi connectivity index (χ3v) is 6.64. The van der Waals surface area contributed by atoms with Gasteiger partial charge in [-0.15, -0.1) is 0 Å². The zero-order valence-electron chi connectivity index (χ0n) is 18.3. The van der Waals surface area contributed by atoms with E-state index in [1.807, 2.05) is 16.7 Å². The van der Waals surface area contributed by atoms with E-state index in [-0.39, 0.29) is 17.8 Å². The van der Waals surface area contributed by atoms with Crippen LogP contribution in [0, 0.1) is 16.7 Å². The van der Waals surface area contributed by atoms with Crippen molar-refractivity contribution < 1.29 is 22.7 Å². The number of aromatic nitrogens is 4. The lowest BCUT2D eigenvalue weighted by Crippen LogP contribution is -2.45. The molecular weight excluding hydrogens is 449 g/mol. The van der Waals surface area contributed by atoms with Gasteiger partial charge in [-0.2, -0.15) is 18.4 Å². The number of fused-ring (bicyclic) bond motifs is 1. The Morgan fingerprint density at radius 3 is 2.74 bits per heavy atom. The lowest BCUT2D eigenvalue weighted by Gasteiger charge is -2.43. The van der Waals surface area contributed by atoms with Gasteiger partial charge in [0.25, 0.3) is 0 Å². The van der Waals surface area contributed by atoms with E-state index in [0.29, 0.717) is 31.1 Å². The van der Waals surface area contributed by atoms with Crippen LogP contribution in [0.2, 0.25) is 0 Å². The van der Waals surface area contributed by atoms with E-state index in [2.05, 4.69) is 27.9 Å². The van der Waals surface area contributed by atoms with Gasteiger partial charge in [0, 0.05) is 6.54 Å².